The van der Waals surface area contributed by atoms with Crippen molar-refractivity contribution in [1.82, 2.24) is 24.6 Å². The topological polar surface area (TPSA) is 71.3 Å². The Morgan fingerprint density at radius 3 is 2.27 bits per heavy atom. The summed E-state index contributed by atoms with van der Waals surface area (Å²) in [5, 5.41) is 9.88. The van der Waals surface area contributed by atoms with Gasteiger partial charge >= 0.3 is 0 Å². The number of amides is 2. The number of piperazine rings is 1. The van der Waals surface area contributed by atoms with Crippen LogP contribution < -0.4 is 0 Å². The van der Waals surface area contributed by atoms with Gasteiger partial charge in [-0.3, -0.25) is 14.2 Å². The third-order valence-electron chi connectivity index (χ3n) is 8.21. The second kappa shape index (κ2) is 15.7. The standard InChI is InChI=1S/C36H43N5O2S/c1-3-4-7-14-29-20-22-31(23-21-29)35(43)40-25-24-39(27-28(40)2)33(42)19-12-13-26-44-36-38-37-34(30-15-8-5-9-16-30)41(36)32-17-10-6-11-18-32/h5-6,8-11,15-18,20-23,28H,3-4,7,12-14,19,24-27H2,1-2H3. The first kappa shape index (κ1) is 31.5. The van der Waals surface area contributed by atoms with Crippen molar-refractivity contribution in [3.05, 3.63) is 96.1 Å². The van der Waals surface area contributed by atoms with Crippen molar-refractivity contribution in [1.29, 1.82) is 0 Å². The van der Waals surface area contributed by atoms with Crippen LogP contribution >= 0.6 is 11.8 Å². The van der Waals surface area contributed by atoms with Gasteiger partial charge in [-0.1, -0.05) is 92.2 Å². The van der Waals surface area contributed by atoms with E-state index in [-0.39, 0.29) is 17.9 Å². The smallest absolute Gasteiger partial charge is 0.254 e. The maximum absolute atomic E-state index is 13.2. The number of aromatic nitrogens is 3. The third-order valence-corrected chi connectivity index (χ3v) is 9.22. The Kier molecular flexibility index (Phi) is 11.2. The highest BCUT2D eigenvalue weighted by molar-refractivity contribution is 7.99. The average molecular weight is 610 g/mol. The first-order valence-electron chi connectivity index (χ1n) is 15.9. The predicted molar refractivity (Wildman–Crippen MR) is 178 cm³/mol. The van der Waals surface area contributed by atoms with Crippen LogP contribution in [0.25, 0.3) is 17.1 Å². The molecule has 0 saturated carbocycles. The molecule has 2 amide bonds. The summed E-state index contributed by atoms with van der Waals surface area (Å²) in [6.45, 7) is 5.98. The van der Waals surface area contributed by atoms with Gasteiger partial charge in [-0.2, -0.15) is 0 Å². The SMILES string of the molecule is CCCCCc1ccc(C(=O)N2CCN(C(=O)CCCCSc3nnc(-c4ccccc4)n3-c3ccccc3)CC2C)cc1. The maximum Gasteiger partial charge on any atom is 0.254 e. The van der Waals surface area contributed by atoms with Crippen LogP contribution in [-0.2, 0) is 11.2 Å². The molecule has 1 unspecified atom stereocenters. The Morgan fingerprint density at radius 2 is 1.57 bits per heavy atom. The van der Waals surface area contributed by atoms with Gasteiger partial charge in [0, 0.05) is 54.7 Å². The molecule has 0 spiro atoms. The van der Waals surface area contributed by atoms with E-state index in [1.54, 1.807) is 11.8 Å². The molecule has 1 aliphatic heterocycles. The zero-order valence-electron chi connectivity index (χ0n) is 25.9. The molecular weight excluding hydrogens is 566 g/mol. The lowest BCUT2D eigenvalue weighted by atomic mass is 10.0. The van der Waals surface area contributed by atoms with Crippen molar-refractivity contribution in [3.8, 4) is 17.1 Å². The van der Waals surface area contributed by atoms with Crippen LogP contribution in [0.5, 0.6) is 0 Å². The van der Waals surface area contributed by atoms with Crippen molar-refractivity contribution >= 4 is 23.6 Å². The average Bonchev–Trinajstić information content (AvgIpc) is 3.49. The molecular formula is C36H43N5O2S. The van der Waals surface area contributed by atoms with Crippen LogP contribution in [-0.4, -0.2) is 67.8 Å². The number of para-hydroxylation sites is 1. The van der Waals surface area contributed by atoms with Gasteiger partial charge in [0.05, 0.1) is 0 Å². The van der Waals surface area contributed by atoms with Gasteiger partial charge in [0.2, 0.25) is 5.91 Å². The Hall–Kier alpha value is -3.91. The van der Waals surface area contributed by atoms with E-state index in [2.05, 4.69) is 46.0 Å². The number of carbonyl (C=O) groups is 2. The van der Waals surface area contributed by atoms with Crippen molar-refractivity contribution in [2.45, 2.75) is 70.0 Å². The minimum atomic E-state index is -0.0110. The van der Waals surface area contributed by atoms with Crippen LogP contribution in [0.1, 0.15) is 68.3 Å². The lowest BCUT2D eigenvalue weighted by Gasteiger charge is -2.40. The molecule has 4 aromatic rings. The number of unbranched alkanes of at least 4 members (excludes halogenated alkanes) is 3. The largest absolute Gasteiger partial charge is 0.339 e. The highest BCUT2D eigenvalue weighted by Gasteiger charge is 2.30. The minimum Gasteiger partial charge on any atom is -0.339 e. The van der Waals surface area contributed by atoms with E-state index in [4.69, 9.17) is 0 Å². The summed E-state index contributed by atoms with van der Waals surface area (Å²) in [6.07, 6.45) is 6.91. The summed E-state index contributed by atoms with van der Waals surface area (Å²) in [4.78, 5) is 30.1. The number of rotatable bonds is 13. The first-order chi connectivity index (χ1) is 21.5. The monoisotopic (exact) mass is 609 g/mol. The molecule has 1 saturated heterocycles. The molecule has 0 radical (unpaired) electrons. The number of carbonyl (C=O) groups excluding carboxylic acids is 2. The quantitative estimate of drug-likeness (QED) is 0.118. The summed E-state index contributed by atoms with van der Waals surface area (Å²) in [7, 11) is 0. The number of thioether (sulfide) groups is 1. The molecule has 230 valence electrons. The number of aryl methyl sites for hydroxylation is 1. The molecule has 0 aliphatic carbocycles. The molecule has 44 heavy (non-hydrogen) atoms. The van der Waals surface area contributed by atoms with E-state index in [9.17, 15) is 9.59 Å². The van der Waals surface area contributed by atoms with Gasteiger partial charge in [-0.05, 0) is 62.4 Å². The molecule has 1 fully saturated rings. The molecule has 1 aromatic heterocycles. The van der Waals surface area contributed by atoms with Gasteiger partial charge in [0.1, 0.15) is 0 Å². The molecule has 0 bridgehead atoms. The number of hydrogen-bond donors (Lipinski definition) is 0. The molecule has 2 heterocycles. The lowest BCUT2D eigenvalue weighted by Crippen LogP contribution is -2.55. The van der Waals surface area contributed by atoms with Gasteiger partial charge < -0.3 is 9.80 Å². The van der Waals surface area contributed by atoms with E-state index in [1.807, 2.05) is 77.4 Å². The van der Waals surface area contributed by atoms with Crippen LogP contribution in [0.3, 0.4) is 0 Å². The van der Waals surface area contributed by atoms with Crippen LogP contribution in [0, 0.1) is 0 Å². The van der Waals surface area contributed by atoms with Crippen LogP contribution in [0.4, 0.5) is 0 Å². The van der Waals surface area contributed by atoms with E-state index in [0.717, 1.165) is 52.8 Å². The van der Waals surface area contributed by atoms with E-state index in [1.165, 1.54) is 24.8 Å². The van der Waals surface area contributed by atoms with Crippen LogP contribution in [0.2, 0.25) is 0 Å². The number of benzene rings is 3. The van der Waals surface area contributed by atoms with Crippen molar-refractivity contribution < 1.29 is 9.59 Å². The second-order valence-corrected chi connectivity index (χ2v) is 12.6. The molecule has 1 atom stereocenters. The number of hydrogen-bond acceptors (Lipinski definition) is 5. The zero-order valence-corrected chi connectivity index (χ0v) is 26.7. The fourth-order valence-corrected chi connectivity index (χ4v) is 6.64. The van der Waals surface area contributed by atoms with Gasteiger partial charge in [-0.25, -0.2) is 0 Å². The Balaban J connectivity index is 1.08. The van der Waals surface area contributed by atoms with Crippen molar-refractivity contribution in [2.24, 2.45) is 0 Å². The Bertz CT molecular complexity index is 1490. The zero-order chi connectivity index (χ0) is 30.7. The van der Waals surface area contributed by atoms with Crippen molar-refractivity contribution in [3.63, 3.8) is 0 Å². The fraction of sp³-hybridized carbons (Fsp3) is 0.389. The fourth-order valence-electron chi connectivity index (χ4n) is 5.69. The van der Waals surface area contributed by atoms with E-state index >= 15 is 0 Å². The Morgan fingerprint density at radius 1 is 0.841 bits per heavy atom. The Labute approximate surface area is 265 Å². The van der Waals surface area contributed by atoms with Gasteiger partial charge in [0.25, 0.3) is 5.91 Å². The lowest BCUT2D eigenvalue weighted by molar-refractivity contribution is -0.133. The molecule has 7 nitrogen and oxygen atoms in total. The molecule has 3 aromatic carbocycles. The highest BCUT2D eigenvalue weighted by atomic mass is 32.2. The number of nitrogens with zero attached hydrogens (tertiary/aromatic N) is 5. The van der Waals surface area contributed by atoms with Crippen LogP contribution in [0.15, 0.2) is 90.1 Å². The van der Waals surface area contributed by atoms with E-state index < -0.39 is 0 Å². The molecule has 1 aliphatic rings. The van der Waals surface area contributed by atoms with Crippen molar-refractivity contribution in [2.75, 3.05) is 25.4 Å². The first-order valence-corrected chi connectivity index (χ1v) is 16.9. The summed E-state index contributed by atoms with van der Waals surface area (Å²) >= 11 is 1.67. The summed E-state index contributed by atoms with van der Waals surface area (Å²) in [5.41, 5.74) is 4.06. The highest BCUT2D eigenvalue weighted by Crippen LogP contribution is 2.28. The minimum absolute atomic E-state index is 0.0110. The van der Waals surface area contributed by atoms with Gasteiger partial charge in [0.15, 0.2) is 11.0 Å². The molecule has 0 N–H and O–H groups in total. The second-order valence-electron chi connectivity index (χ2n) is 11.5. The normalized spacial score (nSPS) is 15.0. The summed E-state index contributed by atoms with van der Waals surface area (Å²) < 4.78 is 2.11. The predicted octanol–water partition coefficient (Wildman–Crippen LogP) is 7.30. The third kappa shape index (κ3) is 7.97. The molecule has 8 heteroatoms. The maximum atomic E-state index is 13.2. The summed E-state index contributed by atoms with van der Waals surface area (Å²) in [6, 6.07) is 28.4. The van der Waals surface area contributed by atoms with E-state index in [0.29, 0.717) is 26.1 Å². The molecule has 5 rings (SSSR count). The van der Waals surface area contributed by atoms with Gasteiger partial charge in [-0.15, -0.1) is 10.2 Å². The summed E-state index contributed by atoms with van der Waals surface area (Å²) in [5.74, 6) is 1.90.